The molecule has 1 aromatic carbocycles. The largest absolute Gasteiger partial charge is 0.327 e. The van der Waals surface area contributed by atoms with E-state index in [0.717, 1.165) is 0 Å². The van der Waals surface area contributed by atoms with E-state index >= 15 is 0 Å². The third kappa shape index (κ3) is 3.62. The summed E-state index contributed by atoms with van der Waals surface area (Å²) in [4.78, 5) is 4.36. The second-order valence-corrected chi connectivity index (χ2v) is 8.24. The second kappa shape index (κ2) is 6.15. The fourth-order valence-corrected chi connectivity index (χ4v) is 3.31. The van der Waals surface area contributed by atoms with Crippen molar-refractivity contribution in [3.05, 3.63) is 27.3 Å². The Morgan fingerprint density at radius 2 is 2.15 bits per heavy atom. The van der Waals surface area contributed by atoms with E-state index in [1.165, 1.54) is 12.3 Å². The van der Waals surface area contributed by atoms with Gasteiger partial charge in [0.2, 0.25) is 0 Å². The van der Waals surface area contributed by atoms with E-state index in [4.69, 9.17) is 11.6 Å². The molecule has 0 saturated heterocycles. The molecule has 8 heteroatoms. The van der Waals surface area contributed by atoms with Crippen molar-refractivity contribution in [2.75, 3.05) is 12.0 Å². The van der Waals surface area contributed by atoms with Gasteiger partial charge in [-0.3, -0.25) is 0 Å². The Bertz CT molecular complexity index is 745. The van der Waals surface area contributed by atoms with Gasteiger partial charge in [0, 0.05) is 18.9 Å². The molecule has 0 aliphatic carbocycles. The minimum atomic E-state index is -3.01. The number of benzene rings is 1. The van der Waals surface area contributed by atoms with Crippen LogP contribution in [-0.2, 0) is 22.3 Å². The number of sulfone groups is 1. The highest BCUT2D eigenvalue weighted by molar-refractivity contribution is 14.1. The maximum absolute atomic E-state index is 13.7. The SMILES string of the molecule is CS(=O)(=O)CCCn1c(CCl)nc2cc(I)c(F)cc21. The fraction of sp³-hybridized carbons (Fsp3) is 0.417. The predicted molar refractivity (Wildman–Crippen MR) is 86.3 cm³/mol. The maximum Gasteiger partial charge on any atom is 0.147 e. The molecule has 2 aromatic rings. The van der Waals surface area contributed by atoms with Gasteiger partial charge in [0.15, 0.2) is 0 Å². The summed E-state index contributed by atoms with van der Waals surface area (Å²) in [5.41, 5.74) is 1.32. The lowest BCUT2D eigenvalue weighted by atomic mass is 10.3. The molecular formula is C12H13ClFIN2O2S. The van der Waals surface area contributed by atoms with Crippen molar-refractivity contribution in [3.8, 4) is 0 Å². The highest BCUT2D eigenvalue weighted by Gasteiger charge is 2.13. The zero-order chi connectivity index (χ0) is 14.9. The zero-order valence-corrected chi connectivity index (χ0v) is 14.5. The lowest BCUT2D eigenvalue weighted by Gasteiger charge is -2.07. The summed E-state index contributed by atoms with van der Waals surface area (Å²) >= 11 is 7.76. The molecule has 0 saturated carbocycles. The van der Waals surface area contributed by atoms with Crippen LogP contribution in [0, 0.1) is 9.39 Å². The smallest absolute Gasteiger partial charge is 0.147 e. The number of imidazole rings is 1. The maximum atomic E-state index is 13.7. The summed E-state index contributed by atoms with van der Waals surface area (Å²) in [5.74, 6) is 0.590. The lowest BCUT2D eigenvalue weighted by Crippen LogP contribution is -2.09. The topological polar surface area (TPSA) is 52.0 Å². The van der Waals surface area contributed by atoms with Crippen molar-refractivity contribution in [3.63, 3.8) is 0 Å². The summed E-state index contributed by atoms with van der Waals surface area (Å²) in [6, 6.07) is 3.08. The van der Waals surface area contributed by atoms with Gasteiger partial charge in [0.05, 0.1) is 26.2 Å². The highest BCUT2D eigenvalue weighted by atomic mass is 127. The summed E-state index contributed by atoms with van der Waals surface area (Å²) in [6.07, 6.45) is 1.64. The van der Waals surface area contributed by atoms with Gasteiger partial charge in [-0.2, -0.15) is 0 Å². The first-order chi connectivity index (χ1) is 9.31. The molecule has 0 N–H and O–H groups in total. The molecule has 0 bridgehead atoms. The minimum absolute atomic E-state index is 0.0846. The number of rotatable bonds is 5. The van der Waals surface area contributed by atoms with Crippen LogP contribution >= 0.6 is 34.2 Å². The quantitative estimate of drug-likeness (QED) is 0.541. The molecule has 0 amide bonds. The Kier molecular flexibility index (Phi) is 4.91. The van der Waals surface area contributed by atoms with Crippen molar-refractivity contribution in [2.24, 2.45) is 0 Å². The molecule has 4 nitrogen and oxygen atoms in total. The van der Waals surface area contributed by atoms with Crippen LogP contribution in [0.1, 0.15) is 12.2 Å². The monoisotopic (exact) mass is 430 g/mol. The van der Waals surface area contributed by atoms with Gasteiger partial charge < -0.3 is 4.57 Å². The van der Waals surface area contributed by atoms with Crippen LogP contribution in [0.2, 0.25) is 0 Å². The van der Waals surface area contributed by atoms with Crippen molar-refractivity contribution in [2.45, 2.75) is 18.8 Å². The van der Waals surface area contributed by atoms with E-state index in [0.29, 0.717) is 33.4 Å². The number of fused-ring (bicyclic) bond motifs is 1. The van der Waals surface area contributed by atoms with Crippen LogP contribution in [-0.4, -0.2) is 30.0 Å². The van der Waals surface area contributed by atoms with E-state index in [1.54, 1.807) is 10.6 Å². The van der Waals surface area contributed by atoms with E-state index in [2.05, 4.69) is 4.98 Å². The third-order valence-corrected chi connectivity index (χ3v) is 4.98. The molecule has 0 fully saturated rings. The molecule has 2 rings (SSSR count). The predicted octanol–water partition coefficient (Wildman–Crippen LogP) is 2.95. The van der Waals surface area contributed by atoms with Crippen molar-refractivity contribution in [1.29, 1.82) is 0 Å². The highest BCUT2D eigenvalue weighted by Crippen LogP contribution is 2.23. The van der Waals surface area contributed by atoms with Crippen LogP contribution in [0.3, 0.4) is 0 Å². The van der Waals surface area contributed by atoms with Crippen LogP contribution in [0.25, 0.3) is 11.0 Å². The van der Waals surface area contributed by atoms with Crippen LogP contribution < -0.4 is 0 Å². The number of alkyl halides is 1. The normalized spacial score (nSPS) is 12.2. The second-order valence-electron chi connectivity index (χ2n) is 4.55. The molecule has 20 heavy (non-hydrogen) atoms. The van der Waals surface area contributed by atoms with Gasteiger partial charge >= 0.3 is 0 Å². The standard InChI is InChI=1S/C12H13ClFIN2O2S/c1-20(18,19)4-2-3-17-11-5-8(14)9(15)6-10(11)16-12(17)7-13/h5-6H,2-4,7H2,1H3. The molecule has 0 radical (unpaired) electrons. The van der Waals surface area contributed by atoms with E-state index < -0.39 is 9.84 Å². The number of hydrogen-bond acceptors (Lipinski definition) is 3. The molecule has 110 valence electrons. The third-order valence-electron chi connectivity index (χ3n) is 2.89. The average Bonchev–Trinajstić information content (AvgIpc) is 2.66. The van der Waals surface area contributed by atoms with Gasteiger partial charge in [0.25, 0.3) is 0 Å². The fourth-order valence-electron chi connectivity index (χ4n) is 2.01. The molecule has 1 heterocycles. The van der Waals surface area contributed by atoms with E-state index in [9.17, 15) is 12.8 Å². The van der Waals surface area contributed by atoms with Gasteiger partial charge in [-0.15, -0.1) is 11.6 Å². The Hall–Kier alpha value is -0.410. The average molecular weight is 431 g/mol. The van der Waals surface area contributed by atoms with Crippen molar-refractivity contribution >= 4 is 55.1 Å². The lowest BCUT2D eigenvalue weighted by molar-refractivity contribution is 0.590. The first-order valence-corrected chi connectivity index (χ1v) is 9.57. The van der Waals surface area contributed by atoms with Crippen molar-refractivity contribution in [1.82, 2.24) is 9.55 Å². The van der Waals surface area contributed by atoms with Gasteiger partial charge in [-0.05, 0) is 35.1 Å². The Morgan fingerprint density at radius 3 is 2.75 bits per heavy atom. The van der Waals surface area contributed by atoms with E-state index in [1.807, 2.05) is 22.6 Å². The van der Waals surface area contributed by atoms with Crippen LogP contribution in [0.4, 0.5) is 4.39 Å². The molecule has 0 aliphatic heterocycles. The molecular weight excluding hydrogens is 418 g/mol. The van der Waals surface area contributed by atoms with Gasteiger partial charge in [-0.25, -0.2) is 17.8 Å². The van der Waals surface area contributed by atoms with Crippen LogP contribution in [0.5, 0.6) is 0 Å². The van der Waals surface area contributed by atoms with E-state index in [-0.39, 0.29) is 17.5 Å². The van der Waals surface area contributed by atoms with Crippen LogP contribution in [0.15, 0.2) is 12.1 Å². The Morgan fingerprint density at radius 1 is 1.45 bits per heavy atom. The molecule has 0 spiro atoms. The Labute approximate surface area is 135 Å². The number of nitrogens with zero attached hydrogens (tertiary/aromatic N) is 2. The number of hydrogen-bond donors (Lipinski definition) is 0. The summed E-state index contributed by atoms with van der Waals surface area (Å²) < 4.78 is 38.3. The Balaban J connectivity index is 2.37. The minimum Gasteiger partial charge on any atom is -0.327 e. The number of halogens is 3. The summed E-state index contributed by atoms with van der Waals surface area (Å²) in [5, 5.41) is 0. The molecule has 1 aromatic heterocycles. The summed E-state index contributed by atoms with van der Waals surface area (Å²) in [7, 11) is -3.01. The number of aryl methyl sites for hydroxylation is 1. The van der Waals surface area contributed by atoms with Gasteiger partial charge in [0.1, 0.15) is 21.5 Å². The first kappa shape index (κ1) is 16.0. The summed E-state index contributed by atoms with van der Waals surface area (Å²) in [6.45, 7) is 0.450. The molecule has 0 atom stereocenters. The molecule has 0 aliphatic rings. The van der Waals surface area contributed by atoms with Crippen molar-refractivity contribution < 1.29 is 12.8 Å². The first-order valence-electron chi connectivity index (χ1n) is 5.89. The molecule has 0 unspecified atom stereocenters. The van der Waals surface area contributed by atoms with Gasteiger partial charge in [-0.1, -0.05) is 0 Å². The zero-order valence-electron chi connectivity index (χ0n) is 10.7. The number of aromatic nitrogens is 2.